The highest BCUT2D eigenvalue weighted by Gasteiger charge is 2.16. The number of carboxylic acid groups (broad SMARTS) is 1. The molecule has 112 valence electrons. The van der Waals surface area contributed by atoms with Crippen LogP contribution < -0.4 is 4.74 Å². The number of carboxylic acids is 1. The predicted molar refractivity (Wildman–Crippen MR) is 81.3 cm³/mol. The fourth-order valence-corrected chi connectivity index (χ4v) is 2.22. The highest BCUT2D eigenvalue weighted by atomic mass is 16.5. The molecule has 1 rings (SSSR count). The summed E-state index contributed by atoms with van der Waals surface area (Å²) in [5.41, 5.74) is 1.09. The van der Waals surface area contributed by atoms with Crippen LogP contribution in [-0.4, -0.2) is 17.2 Å². The van der Waals surface area contributed by atoms with Crippen molar-refractivity contribution in [3.8, 4) is 5.75 Å². The van der Waals surface area contributed by atoms with Gasteiger partial charge >= 0.3 is 5.97 Å². The van der Waals surface area contributed by atoms with Gasteiger partial charge in [0.25, 0.3) is 0 Å². The fraction of sp³-hybridized carbons (Fsp3) is 0.588. The standard InChI is InChI=1S/C17H26O3/c1-12(2)5-6-15(11-17(18)19)14-7-9-16(10-8-14)20-13(3)4/h7-10,12-13,15H,5-6,11H2,1-4H3,(H,18,19)/t15-/m0/s1. The Balaban J connectivity index is 2.76. The van der Waals surface area contributed by atoms with E-state index in [1.54, 1.807) is 0 Å². The van der Waals surface area contributed by atoms with Crippen molar-refractivity contribution in [1.29, 1.82) is 0 Å². The molecule has 0 unspecified atom stereocenters. The summed E-state index contributed by atoms with van der Waals surface area (Å²) in [7, 11) is 0. The van der Waals surface area contributed by atoms with Crippen molar-refractivity contribution >= 4 is 5.97 Å². The first-order valence-electron chi connectivity index (χ1n) is 7.37. The Morgan fingerprint density at radius 2 is 1.70 bits per heavy atom. The van der Waals surface area contributed by atoms with E-state index in [0.717, 1.165) is 24.2 Å². The van der Waals surface area contributed by atoms with Crippen LogP contribution in [0.5, 0.6) is 5.75 Å². The summed E-state index contributed by atoms with van der Waals surface area (Å²) in [4.78, 5) is 11.0. The first-order valence-corrected chi connectivity index (χ1v) is 7.37. The fourth-order valence-electron chi connectivity index (χ4n) is 2.22. The van der Waals surface area contributed by atoms with Crippen LogP contribution in [0.1, 0.15) is 58.4 Å². The minimum Gasteiger partial charge on any atom is -0.491 e. The Morgan fingerprint density at radius 1 is 1.10 bits per heavy atom. The second-order valence-electron chi connectivity index (χ2n) is 6.00. The van der Waals surface area contributed by atoms with Crippen LogP contribution >= 0.6 is 0 Å². The molecule has 0 aromatic heterocycles. The van der Waals surface area contributed by atoms with Gasteiger partial charge in [-0.1, -0.05) is 32.4 Å². The van der Waals surface area contributed by atoms with E-state index in [1.165, 1.54) is 0 Å². The van der Waals surface area contributed by atoms with Gasteiger partial charge in [0, 0.05) is 0 Å². The summed E-state index contributed by atoms with van der Waals surface area (Å²) >= 11 is 0. The lowest BCUT2D eigenvalue weighted by Gasteiger charge is -2.17. The third-order valence-electron chi connectivity index (χ3n) is 3.24. The lowest BCUT2D eigenvalue weighted by atomic mass is 9.89. The lowest BCUT2D eigenvalue weighted by molar-refractivity contribution is -0.137. The van der Waals surface area contributed by atoms with Gasteiger partial charge in [0.1, 0.15) is 5.75 Å². The number of hydrogen-bond acceptors (Lipinski definition) is 2. The minimum atomic E-state index is -0.735. The average molecular weight is 278 g/mol. The molecular formula is C17H26O3. The molecule has 0 bridgehead atoms. The Hall–Kier alpha value is -1.51. The number of carbonyl (C=O) groups is 1. The van der Waals surface area contributed by atoms with Crippen molar-refractivity contribution in [1.82, 2.24) is 0 Å². The number of aliphatic carboxylic acids is 1. The maximum absolute atomic E-state index is 11.0. The molecule has 0 saturated carbocycles. The van der Waals surface area contributed by atoms with Crippen LogP contribution in [0.25, 0.3) is 0 Å². The van der Waals surface area contributed by atoms with E-state index in [4.69, 9.17) is 9.84 Å². The van der Waals surface area contributed by atoms with Gasteiger partial charge in [-0.3, -0.25) is 4.79 Å². The number of hydrogen-bond donors (Lipinski definition) is 1. The first kappa shape index (κ1) is 16.5. The lowest BCUT2D eigenvalue weighted by Crippen LogP contribution is -2.08. The highest BCUT2D eigenvalue weighted by molar-refractivity contribution is 5.68. The van der Waals surface area contributed by atoms with E-state index in [2.05, 4.69) is 13.8 Å². The first-order chi connectivity index (χ1) is 9.38. The SMILES string of the molecule is CC(C)CC[C@@H](CC(=O)O)c1ccc(OC(C)C)cc1. The molecule has 0 heterocycles. The van der Waals surface area contributed by atoms with E-state index in [-0.39, 0.29) is 18.4 Å². The zero-order valence-corrected chi connectivity index (χ0v) is 12.9. The molecule has 0 aliphatic rings. The smallest absolute Gasteiger partial charge is 0.303 e. The molecule has 0 saturated heterocycles. The molecule has 3 heteroatoms. The summed E-state index contributed by atoms with van der Waals surface area (Å²) < 4.78 is 5.61. The summed E-state index contributed by atoms with van der Waals surface area (Å²) in [6, 6.07) is 7.84. The molecule has 0 aliphatic heterocycles. The molecule has 0 spiro atoms. The molecule has 1 aromatic carbocycles. The molecule has 1 N–H and O–H groups in total. The quantitative estimate of drug-likeness (QED) is 0.763. The minimum absolute atomic E-state index is 0.0861. The van der Waals surface area contributed by atoms with Crippen molar-refractivity contribution < 1.29 is 14.6 Å². The summed E-state index contributed by atoms with van der Waals surface area (Å²) in [6.45, 7) is 8.31. The van der Waals surface area contributed by atoms with E-state index in [0.29, 0.717) is 5.92 Å². The Morgan fingerprint density at radius 3 is 2.15 bits per heavy atom. The molecule has 20 heavy (non-hydrogen) atoms. The highest BCUT2D eigenvalue weighted by Crippen LogP contribution is 2.28. The van der Waals surface area contributed by atoms with Crippen LogP contribution in [0, 0.1) is 5.92 Å². The van der Waals surface area contributed by atoms with Crippen LogP contribution in [0.2, 0.25) is 0 Å². The van der Waals surface area contributed by atoms with Gasteiger partial charge in [-0.2, -0.15) is 0 Å². The van der Waals surface area contributed by atoms with Gasteiger partial charge in [-0.25, -0.2) is 0 Å². The number of benzene rings is 1. The van der Waals surface area contributed by atoms with E-state index in [1.807, 2.05) is 38.1 Å². The third kappa shape index (κ3) is 6.09. The van der Waals surface area contributed by atoms with E-state index in [9.17, 15) is 4.79 Å². The molecule has 3 nitrogen and oxygen atoms in total. The summed E-state index contributed by atoms with van der Waals surface area (Å²) in [5, 5.41) is 9.06. The average Bonchev–Trinajstić information content (AvgIpc) is 2.34. The van der Waals surface area contributed by atoms with Crippen molar-refractivity contribution in [3.63, 3.8) is 0 Å². The monoisotopic (exact) mass is 278 g/mol. The third-order valence-corrected chi connectivity index (χ3v) is 3.24. The molecular weight excluding hydrogens is 252 g/mol. The van der Waals surface area contributed by atoms with Gasteiger partial charge in [0.05, 0.1) is 12.5 Å². The van der Waals surface area contributed by atoms with Gasteiger partial charge in [0.2, 0.25) is 0 Å². The van der Waals surface area contributed by atoms with Crippen LogP contribution in [-0.2, 0) is 4.79 Å². The normalized spacial score (nSPS) is 12.7. The Labute approximate surface area is 122 Å². The van der Waals surface area contributed by atoms with E-state index >= 15 is 0 Å². The van der Waals surface area contributed by atoms with Gasteiger partial charge in [-0.15, -0.1) is 0 Å². The molecule has 1 aromatic rings. The number of ether oxygens (including phenoxy) is 1. The zero-order valence-electron chi connectivity index (χ0n) is 12.9. The van der Waals surface area contributed by atoms with Crippen molar-refractivity contribution in [2.24, 2.45) is 5.92 Å². The summed E-state index contributed by atoms with van der Waals surface area (Å²) in [6.07, 6.45) is 2.30. The van der Waals surface area contributed by atoms with Crippen LogP contribution in [0.15, 0.2) is 24.3 Å². The summed E-state index contributed by atoms with van der Waals surface area (Å²) in [5.74, 6) is 0.779. The second kappa shape index (κ2) is 7.93. The zero-order chi connectivity index (χ0) is 15.1. The predicted octanol–water partition coefficient (Wildman–Crippen LogP) is 4.47. The van der Waals surface area contributed by atoms with Crippen molar-refractivity contribution in [2.45, 2.75) is 59.0 Å². The molecule has 0 aliphatic carbocycles. The molecule has 1 atom stereocenters. The number of rotatable bonds is 8. The molecule has 0 radical (unpaired) electrons. The maximum atomic E-state index is 11.0. The largest absolute Gasteiger partial charge is 0.491 e. The molecule has 0 fully saturated rings. The van der Waals surface area contributed by atoms with Crippen LogP contribution in [0.3, 0.4) is 0 Å². The van der Waals surface area contributed by atoms with Gasteiger partial charge < -0.3 is 9.84 Å². The van der Waals surface area contributed by atoms with Crippen molar-refractivity contribution in [3.05, 3.63) is 29.8 Å². The van der Waals surface area contributed by atoms with Crippen LogP contribution in [0.4, 0.5) is 0 Å². The Bertz CT molecular complexity index is 407. The second-order valence-corrected chi connectivity index (χ2v) is 6.00. The molecule has 0 amide bonds. The van der Waals surface area contributed by atoms with Crippen molar-refractivity contribution in [2.75, 3.05) is 0 Å². The topological polar surface area (TPSA) is 46.5 Å². The maximum Gasteiger partial charge on any atom is 0.303 e. The van der Waals surface area contributed by atoms with Gasteiger partial charge in [-0.05, 0) is 49.8 Å². The van der Waals surface area contributed by atoms with Gasteiger partial charge in [0.15, 0.2) is 0 Å². The Kier molecular flexibility index (Phi) is 6.56. The van der Waals surface area contributed by atoms with E-state index < -0.39 is 5.97 Å².